The lowest BCUT2D eigenvalue weighted by Gasteiger charge is -2.29. The van der Waals surface area contributed by atoms with E-state index < -0.39 is 12.1 Å². The highest BCUT2D eigenvalue weighted by molar-refractivity contribution is 5.66. The highest BCUT2D eigenvalue weighted by Crippen LogP contribution is 2.33. The number of aliphatic carboxylic acids is 1. The van der Waals surface area contributed by atoms with Gasteiger partial charge in [0, 0.05) is 12.3 Å². The van der Waals surface area contributed by atoms with Crippen LogP contribution >= 0.6 is 0 Å². The van der Waals surface area contributed by atoms with Crippen molar-refractivity contribution in [3.63, 3.8) is 0 Å². The summed E-state index contributed by atoms with van der Waals surface area (Å²) in [6, 6.07) is 0. The number of carboxylic acid groups (broad SMARTS) is 1. The van der Waals surface area contributed by atoms with Crippen LogP contribution in [0.15, 0.2) is 23.8 Å². The molecule has 1 aliphatic carbocycles. The van der Waals surface area contributed by atoms with E-state index in [-0.39, 0.29) is 23.9 Å². The van der Waals surface area contributed by atoms with Gasteiger partial charge in [-0.3, -0.25) is 4.79 Å². The van der Waals surface area contributed by atoms with Crippen LogP contribution in [0.4, 0.5) is 0 Å². The fourth-order valence-electron chi connectivity index (χ4n) is 3.55. The van der Waals surface area contributed by atoms with Crippen LogP contribution in [0.3, 0.4) is 0 Å². The number of hydrogen-bond acceptors (Lipinski definition) is 3. The van der Waals surface area contributed by atoms with E-state index in [0.717, 1.165) is 51.4 Å². The third-order valence-electron chi connectivity index (χ3n) is 5.55. The maximum atomic E-state index is 10.5. The molecule has 1 rings (SSSR count). The molecular formula is C22H38O4. The van der Waals surface area contributed by atoms with Crippen LogP contribution in [0.5, 0.6) is 0 Å². The summed E-state index contributed by atoms with van der Waals surface area (Å²) < 4.78 is 0. The fraction of sp³-hybridized carbons (Fsp3) is 0.773. The van der Waals surface area contributed by atoms with Gasteiger partial charge >= 0.3 is 5.97 Å². The van der Waals surface area contributed by atoms with Crippen LogP contribution in [0, 0.1) is 11.3 Å². The average molecular weight is 367 g/mol. The van der Waals surface area contributed by atoms with Gasteiger partial charge in [-0.05, 0) is 37.5 Å². The first-order chi connectivity index (χ1) is 12.3. The molecule has 0 spiro atoms. The SMILES string of the molecule is CCCCC(C)(C)[C@H](O)/C=C/[C@@H]1C(CCCCCCC(=O)O)=CC[C@H]1O. The number of aliphatic hydroxyl groups excluding tert-OH is 2. The Hall–Kier alpha value is -1.13. The van der Waals surface area contributed by atoms with Gasteiger partial charge in [0.15, 0.2) is 0 Å². The minimum absolute atomic E-state index is 0.00523. The van der Waals surface area contributed by atoms with Crippen molar-refractivity contribution >= 4 is 5.97 Å². The van der Waals surface area contributed by atoms with Crippen LogP contribution in [0.1, 0.15) is 85.0 Å². The number of carbonyl (C=O) groups is 1. The van der Waals surface area contributed by atoms with E-state index in [1.807, 2.05) is 12.2 Å². The molecule has 0 saturated heterocycles. The highest BCUT2D eigenvalue weighted by Gasteiger charge is 2.28. The van der Waals surface area contributed by atoms with Gasteiger partial charge in [0.2, 0.25) is 0 Å². The topological polar surface area (TPSA) is 77.8 Å². The van der Waals surface area contributed by atoms with E-state index in [9.17, 15) is 15.0 Å². The lowest BCUT2D eigenvalue weighted by molar-refractivity contribution is -0.137. The normalized spacial score (nSPS) is 22.0. The summed E-state index contributed by atoms with van der Waals surface area (Å²) in [6.07, 6.45) is 13.9. The summed E-state index contributed by atoms with van der Waals surface area (Å²) in [7, 11) is 0. The van der Waals surface area contributed by atoms with Crippen molar-refractivity contribution in [3.05, 3.63) is 23.8 Å². The van der Waals surface area contributed by atoms with Crippen LogP contribution in [0.2, 0.25) is 0 Å². The molecule has 0 unspecified atom stereocenters. The molecule has 0 aliphatic heterocycles. The molecule has 4 heteroatoms. The van der Waals surface area contributed by atoms with Gasteiger partial charge in [-0.15, -0.1) is 0 Å². The molecule has 150 valence electrons. The Morgan fingerprint density at radius 2 is 1.96 bits per heavy atom. The van der Waals surface area contributed by atoms with Crippen LogP contribution in [-0.2, 0) is 4.79 Å². The minimum Gasteiger partial charge on any atom is -0.481 e. The molecule has 0 amide bonds. The summed E-state index contributed by atoms with van der Waals surface area (Å²) in [6.45, 7) is 6.35. The largest absolute Gasteiger partial charge is 0.481 e. The third-order valence-corrected chi connectivity index (χ3v) is 5.55. The second-order valence-electron chi connectivity index (χ2n) is 8.34. The second kappa shape index (κ2) is 11.6. The van der Waals surface area contributed by atoms with E-state index in [2.05, 4.69) is 26.8 Å². The van der Waals surface area contributed by atoms with Gasteiger partial charge in [-0.25, -0.2) is 0 Å². The Kier molecular flexibility index (Phi) is 10.2. The molecule has 0 bridgehead atoms. The van der Waals surface area contributed by atoms with Crippen LogP contribution in [-0.4, -0.2) is 33.5 Å². The van der Waals surface area contributed by atoms with E-state index >= 15 is 0 Å². The van der Waals surface area contributed by atoms with Crippen molar-refractivity contribution in [3.8, 4) is 0 Å². The first kappa shape index (κ1) is 22.9. The van der Waals surface area contributed by atoms with E-state index in [4.69, 9.17) is 5.11 Å². The first-order valence-electron chi connectivity index (χ1n) is 10.2. The van der Waals surface area contributed by atoms with Crippen molar-refractivity contribution in [1.29, 1.82) is 0 Å². The van der Waals surface area contributed by atoms with Crippen molar-refractivity contribution in [2.24, 2.45) is 11.3 Å². The number of rotatable bonds is 13. The van der Waals surface area contributed by atoms with Crippen LogP contribution < -0.4 is 0 Å². The van der Waals surface area contributed by atoms with Crippen molar-refractivity contribution in [1.82, 2.24) is 0 Å². The number of unbranched alkanes of at least 4 members (excludes halogenated alkanes) is 4. The molecule has 3 atom stereocenters. The van der Waals surface area contributed by atoms with Gasteiger partial charge in [0.1, 0.15) is 0 Å². The maximum absolute atomic E-state index is 10.5. The molecule has 0 aromatic heterocycles. The van der Waals surface area contributed by atoms with Crippen molar-refractivity contribution < 1.29 is 20.1 Å². The predicted molar refractivity (Wildman–Crippen MR) is 106 cm³/mol. The van der Waals surface area contributed by atoms with Crippen molar-refractivity contribution in [2.45, 2.75) is 97.2 Å². The summed E-state index contributed by atoms with van der Waals surface area (Å²) in [5, 5.41) is 29.4. The summed E-state index contributed by atoms with van der Waals surface area (Å²) >= 11 is 0. The lowest BCUT2D eigenvalue weighted by atomic mass is 9.80. The molecule has 4 nitrogen and oxygen atoms in total. The number of aliphatic hydroxyl groups is 2. The van der Waals surface area contributed by atoms with Crippen LogP contribution in [0.25, 0.3) is 0 Å². The molecule has 1 aliphatic rings. The van der Waals surface area contributed by atoms with Gasteiger partial charge in [0.25, 0.3) is 0 Å². The average Bonchev–Trinajstić information content (AvgIpc) is 2.93. The van der Waals surface area contributed by atoms with E-state index in [1.54, 1.807) is 0 Å². The summed E-state index contributed by atoms with van der Waals surface area (Å²) in [5.74, 6) is -0.720. The smallest absolute Gasteiger partial charge is 0.303 e. The molecule has 0 fully saturated rings. The van der Waals surface area contributed by atoms with E-state index in [0.29, 0.717) is 6.42 Å². The summed E-state index contributed by atoms with van der Waals surface area (Å²) in [5.41, 5.74) is 1.11. The molecule has 0 heterocycles. The van der Waals surface area contributed by atoms with Gasteiger partial charge in [-0.2, -0.15) is 0 Å². The molecular weight excluding hydrogens is 328 g/mol. The molecule has 0 aromatic rings. The first-order valence-corrected chi connectivity index (χ1v) is 10.2. The van der Waals surface area contributed by atoms with Gasteiger partial charge in [0.05, 0.1) is 12.2 Å². The Bertz CT molecular complexity index is 479. The Balaban J connectivity index is 2.45. The number of carboxylic acids is 1. The van der Waals surface area contributed by atoms with Gasteiger partial charge in [-0.1, -0.05) is 70.3 Å². The molecule has 3 N–H and O–H groups in total. The lowest BCUT2D eigenvalue weighted by Crippen LogP contribution is -2.28. The third kappa shape index (κ3) is 8.05. The quantitative estimate of drug-likeness (QED) is 0.321. The molecule has 26 heavy (non-hydrogen) atoms. The van der Waals surface area contributed by atoms with E-state index in [1.165, 1.54) is 5.57 Å². The predicted octanol–water partition coefficient (Wildman–Crippen LogP) is 4.85. The zero-order valence-electron chi connectivity index (χ0n) is 16.8. The highest BCUT2D eigenvalue weighted by atomic mass is 16.4. The monoisotopic (exact) mass is 366 g/mol. The minimum atomic E-state index is -0.725. The summed E-state index contributed by atoms with van der Waals surface area (Å²) in [4.78, 5) is 10.5. The van der Waals surface area contributed by atoms with Crippen molar-refractivity contribution in [2.75, 3.05) is 0 Å². The maximum Gasteiger partial charge on any atom is 0.303 e. The molecule has 0 saturated carbocycles. The second-order valence-corrected chi connectivity index (χ2v) is 8.34. The Morgan fingerprint density at radius 1 is 1.27 bits per heavy atom. The zero-order valence-corrected chi connectivity index (χ0v) is 16.8. The zero-order chi connectivity index (χ0) is 19.6. The molecule has 0 radical (unpaired) electrons. The fourth-order valence-corrected chi connectivity index (χ4v) is 3.55. The Labute approximate surface area is 159 Å². The number of hydrogen-bond donors (Lipinski definition) is 3. The van der Waals surface area contributed by atoms with Gasteiger partial charge < -0.3 is 15.3 Å². The standard InChI is InChI=1S/C22H38O4/c1-4-5-16-22(2,3)20(24)15-13-18-17(12-14-19(18)23)10-8-6-7-9-11-21(25)26/h12-13,15,18-20,23-24H,4-11,14,16H2,1-3H3,(H,25,26)/b15-13+/t18-,19-,20-/m1/s1. The Morgan fingerprint density at radius 3 is 2.62 bits per heavy atom. The molecule has 0 aromatic carbocycles.